The Bertz CT molecular complexity index is 555. The van der Waals surface area contributed by atoms with E-state index in [4.69, 9.17) is 5.11 Å². The summed E-state index contributed by atoms with van der Waals surface area (Å²) < 4.78 is 1.70. The van der Waals surface area contributed by atoms with Crippen LogP contribution in [0.25, 0.3) is 10.9 Å². The van der Waals surface area contributed by atoms with Gasteiger partial charge in [0.1, 0.15) is 0 Å². The maximum atomic E-state index is 11.0. The molecule has 16 heavy (non-hydrogen) atoms. The maximum absolute atomic E-state index is 11.0. The van der Waals surface area contributed by atoms with Gasteiger partial charge >= 0.3 is 5.97 Å². The van der Waals surface area contributed by atoms with E-state index in [2.05, 4.69) is 5.10 Å². The fourth-order valence-electron chi connectivity index (χ4n) is 1.88. The zero-order valence-electron chi connectivity index (χ0n) is 9.56. The second-order valence-electron chi connectivity index (χ2n) is 4.23. The van der Waals surface area contributed by atoms with Crippen LogP contribution >= 0.6 is 0 Å². The zero-order chi connectivity index (χ0) is 11.9. The summed E-state index contributed by atoms with van der Waals surface area (Å²) in [7, 11) is 1.82. The minimum absolute atomic E-state index is 0.283. The fraction of sp³-hybridized carbons (Fsp3) is 0.333. The molecule has 0 unspecified atom stereocenters. The molecule has 0 fully saturated rings. The van der Waals surface area contributed by atoms with Crippen LogP contribution in [0.15, 0.2) is 18.3 Å². The number of aryl methyl sites for hydroxylation is 1. The van der Waals surface area contributed by atoms with E-state index in [1.54, 1.807) is 23.0 Å². The van der Waals surface area contributed by atoms with Crippen LogP contribution in [-0.4, -0.2) is 20.9 Å². The summed E-state index contributed by atoms with van der Waals surface area (Å²) >= 11 is 0. The highest BCUT2D eigenvalue weighted by Crippen LogP contribution is 2.26. The predicted octanol–water partition coefficient (Wildman–Crippen LogP) is 2.39. The van der Waals surface area contributed by atoms with Crippen LogP contribution in [-0.2, 0) is 7.05 Å². The summed E-state index contributed by atoms with van der Waals surface area (Å²) in [5.41, 5.74) is 2.21. The number of hydrogen-bond acceptors (Lipinski definition) is 2. The summed E-state index contributed by atoms with van der Waals surface area (Å²) in [6.07, 6.45) is 1.79. The molecule has 2 aromatic rings. The highest BCUT2D eigenvalue weighted by atomic mass is 16.4. The molecule has 0 atom stereocenters. The Morgan fingerprint density at radius 3 is 2.69 bits per heavy atom. The Labute approximate surface area is 93.5 Å². The van der Waals surface area contributed by atoms with Gasteiger partial charge in [-0.25, -0.2) is 4.79 Å². The first-order chi connectivity index (χ1) is 7.50. The van der Waals surface area contributed by atoms with Gasteiger partial charge in [0, 0.05) is 12.4 Å². The van der Waals surface area contributed by atoms with Gasteiger partial charge in [-0.05, 0) is 23.6 Å². The van der Waals surface area contributed by atoms with Gasteiger partial charge in [0.05, 0.1) is 17.3 Å². The number of aromatic nitrogens is 2. The minimum atomic E-state index is -0.898. The van der Waals surface area contributed by atoms with Crippen molar-refractivity contribution in [2.75, 3.05) is 0 Å². The molecule has 1 N–H and O–H groups in total. The molecule has 1 aromatic heterocycles. The molecule has 2 rings (SSSR count). The number of carboxylic acids is 1. The lowest BCUT2D eigenvalue weighted by molar-refractivity contribution is 0.0697. The van der Waals surface area contributed by atoms with Gasteiger partial charge < -0.3 is 5.11 Å². The van der Waals surface area contributed by atoms with Crippen molar-refractivity contribution in [1.29, 1.82) is 0 Å². The van der Waals surface area contributed by atoms with Crippen molar-refractivity contribution in [2.45, 2.75) is 19.8 Å². The van der Waals surface area contributed by atoms with Crippen LogP contribution in [0, 0.1) is 0 Å². The maximum Gasteiger partial charge on any atom is 0.335 e. The molecule has 4 nitrogen and oxygen atoms in total. The van der Waals surface area contributed by atoms with Crippen LogP contribution in [0.3, 0.4) is 0 Å². The molecule has 0 aliphatic rings. The number of fused-ring (bicyclic) bond motifs is 1. The third-order valence-electron chi connectivity index (χ3n) is 2.77. The molecular weight excluding hydrogens is 204 g/mol. The Hall–Kier alpha value is -1.84. The SMILES string of the molecule is CC(C)c1cc(C(=O)O)cc2c1cnn2C. The smallest absolute Gasteiger partial charge is 0.335 e. The second-order valence-corrected chi connectivity index (χ2v) is 4.23. The topological polar surface area (TPSA) is 55.1 Å². The molecule has 0 aliphatic carbocycles. The third-order valence-corrected chi connectivity index (χ3v) is 2.77. The number of nitrogens with zero attached hydrogens (tertiary/aromatic N) is 2. The Morgan fingerprint density at radius 1 is 1.44 bits per heavy atom. The number of carboxylic acid groups (broad SMARTS) is 1. The standard InChI is InChI=1S/C12H14N2O2/c1-7(2)9-4-8(12(15)16)5-11-10(9)6-13-14(11)3/h4-7H,1-3H3,(H,15,16). The molecule has 0 saturated carbocycles. The second kappa shape index (κ2) is 3.63. The zero-order valence-corrected chi connectivity index (χ0v) is 9.56. The Morgan fingerprint density at radius 2 is 2.12 bits per heavy atom. The first kappa shape index (κ1) is 10.7. The van der Waals surface area contributed by atoms with Gasteiger partial charge in [0.25, 0.3) is 0 Å². The van der Waals surface area contributed by atoms with Crippen LogP contribution in [0.4, 0.5) is 0 Å². The van der Waals surface area contributed by atoms with E-state index in [9.17, 15) is 4.79 Å². The predicted molar refractivity (Wildman–Crippen MR) is 61.8 cm³/mol. The van der Waals surface area contributed by atoms with Gasteiger partial charge in [-0.2, -0.15) is 5.10 Å². The molecule has 0 spiro atoms. The van der Waals surface area contributed by atoms with Crippen LogP contribution in [0.1, 0.15) is 35.7 Å². The van der Waals surface area contributed by atoms with Crippen molar-refractivity contribution in [3.05, 3.63) is 29.5 Å². The molecule has 1 heterocycles. The molecule has 0 aliphatic heterocycles. The molecule has 0 amide bonds. The number of rotatable bonds is 2. The van der Waals surface area contributed by atoms with Crippen LogP contribution in [0.2, 0.25) is 0 Å². The van der Waals surface area contributed by atoms with E-state index in [1.165, 1.54) is 0 Å². The first-order valence-corrected chi connectivity index (χ1v) is 5.19. The summed E-state index contributed by atoms with van der Waals surface area (Å²) in [5, 5.41) is 14.2. The molecule has 4 heteroatoms. The molecule has 84 valence electrons. The fourth-order valence-corrected chi connectivity index (χ4v) is 1.88. The van der Waals surface area contributed by atoms with Crippen molar-refractivity contribution in [1.82, 2.24) is 9.78 Å². The highest BCUT2D eigenvalue weighted by molar-refractivity contribution is 5.94. The lowest BCUT2D eigenvalue weighted by Crippen LogP contribution is -2.00. The summed E-state index contributed by atoms with van der Waals surface area (Å²) in [6.45, 7) is 4.10. The van der Waals surface area contributed by atoms with Crippen molar-refractivity contribution in [3.8, 4) is 0 Å². The largest absolute Gasteiger partial charge is 0.478 e. The highest BCUT2D eigenvalue weighted by Gasteiger charge is 2.13. The van der Waals surface area contributed by atoms with E-state index in [-0.39, 0.29) is 5.92 Å². The average Bonchev–Trinajstić information content (AvgIpc) is 2.59. The van der Waals surface area contributed by atoms with Crippen molar-refractivity contribution in [3.63, 3.8) is 0 Å². The first-order valence-electron chi connectivity index (χ1n) is 5.19. The molecule has 1 aromatic carbocycles. The third kappa shape index (κ3) is 1.56. The lowest BCUT2D eigenvalue weighted by atomic mass is 9.97. The number of aromatic carboxylic acids is 1. The molecule has 0 saturated heterocycles. The quantitative estimate of drug-likeness (QED) is 0.842. The average molecular weight is 218 g/mol. The molecule has 0 radical (unpaired) electrons. The summed E-state index contributed by atoms with van der Waals surface area (Å²) in [4.78, 5) is 11.0. The van der Waals surface area contributed by atoms with Gasteiger partial charge in [-0.3, -0.25) is 4.68 Å². The van der Waals surface area contributed by atoms with Gasteiger partial charge in [0.15, 0.2) is 0 Å². The van der Waals surface area contributed by atoms with Crippen molar-refractivity contribution in [2.24, 2.45) is 7.05 Å². The van der Waals surface area contributed by atoms with E-state index >= 15 is 0 Å². The summed E-state index contributed by atoms with van der Waals surface area (Å²) in [6, 6.07) is 3.40. The van der Waals surface area contributed by atoms with E-state index in [1.807, 2.05) is 20.9 Å². The van der Waals surface area contributed by atoms with Crippen molar-refractivity contribution < 1.29 is 9.90 Å². The Balaban J connectivity index is 2.80. The molecular formula is C12H14N2O2. The van der Waals surface area contributed by atoms with Crippen LogP contribution in [0.5, 0.6) is 0 Å². The van der Waals surface area contributed by atoms with Gasteiger partial charge in [0.2, 0.25) is 0 Å². The van der Waals surface area contributed by atoms with E-state index < -0.39 is 5.97 Å². The van der Waals surface area contributed by atoms with Gasteiger partial charge in [-0.15, -0.1) is 0 Å². The Kier molecular flexibility index (Phi) is 2.42. The minimum Gasteiger partial charge on any atom is -0.478 e. The van der Waals surface area contributed by atoms with E-state index in [0.29, 0.717) is 5.56 Å². The number of hydrogen-bond donors (Lipinski definition) is 1. The normalized spacial score (nSPS) is 11.2. The lowest BCUT2D eigenvalue weighted by Gasteiger charge is -2.08. The van der Waals surface area contributed by atoms with Crippen LogP contribution < -0.4 is 0 Å². The molecule has 0 bridgehead atoms. The number of benzene rings is 1. The van der Waals surface area contributed by atoms with Gasteiger partial charge in [-0.1, -0.05) is 13.8 Å². The van der Waals surface area contributed by atoms with Crippen molar-refractivity contribution >= 4 is 16.9 Å². The number of carbonyl (C=O) groups is 1. The summed E-state index contributed by atoms with van der Waals surface area (Å²) in [5.74, 6) is -0.615. The monoisotopic (exact) mass is 218 g/mol. The van der Waals surface area contributed by atoms with E-state index in [0.717, 1.165) is 16.5 Å².